The van der Waals surface area contributed by atoms with Crippen LogP contribution in [0.15, 0.2) is 24.3 Å². The maximum absolute atomic E-state index is 12.7. The Morgan fingerprint density at radius 3 is 2.37 bits per heavy atom. The third-order valence-electron chi connectivity index (χ3n) is 4.10. The Morgan fingerprint density at radius 2 is 1.84 bits per heavy atom. The van der Waals surface area contributed by atoms with Crippen molar-refractivity contribution in [2.75, 3.05) is 12.3 Å². The van der Waals surface area contributed by atoms with Crippen molar-refractivity contribution in [3.05, 3.63) is 29.8 Å². The molecule has 2 N–H and O–H groups in total. The van der Waals surface area contributed by atoms with Gasteiger partial charge in [-0.1, -0.05) is 19.1 Å². The van der Waals surface area contributed by atoms with Gasteiger partial charge in [0.1, 0.15) is 0 Å². The highest BCUT2D eigenvalue weighted by molar-refractivity contribution is 6.03. The largest absolute Gasteiger partial charge is 0.399 e. The second-order valence-electron chi connectivity index (χ2n) is 5.00. The Bertz CT molecular complexity index is 495. The molecule has 1 aromatic carbocycles. The van der Waals surface area contributed by atoms with E-state index in [-0.39, 0.29) is 11.8 Å². The molecule has 1 heterocycles. The first-order valence-corrected chi connectivity index (χ1v) is 6.76. The lowest BCUT2D eigenvalue weighted by atomic mass is 9.71. The van der Waals surface area contributed by atoms with Crippen LogP contribution in [0.2, 0.25) is 0 Å². The molecule has 0 spiro atoms. The van der Waals surface area contributed by atoms with E-state index in [9.17, 15) is 9.59 Å². The van der Waals surface area contributed by atoms with Crippen LogP contribution in [-0.4, -0.2) is 23.3 Å². The van der Waals surface area contributed by atoms with E-state index >= 15 is 0 Å². The van der Waals surface area contributed by atoms with E-state index < -0.39 is 5.41 Å². The van der Waals surface area contributed by atoms with Gasteiger partial charge in [-0.2, -0.15) is 0 Å². The highest BCUT2D eigenvalue weighted by Crippen LogP contribution is 2.38. The maximum atomic E-state index is 12.7. The molecule has 0 unspecified atom stereocenters. The van der Waals surface area contributed by atoms with Gasteiger partial charge in [0, 0.05) is 18.7 Å². The summed E-state index contributed by atoms with van der Waals surface area (Å²) >= 11 is 0. The van der Waals surface area contributed by atoms with Crippen molar-refractivity contribution < 1.29 is 9.59 Å². The highest BCUT2D eigenvalue weighted by Gasteiger charge is 2.46. The lowest BCUT2D eigenvalue weighted by molar-refractivity contribution is -0.153. The molecule has 1 aromatic rings. The van der Waals surface area contributed by atoms with Crippen molar-refractivity contribution in [1.82, 2.24) is 4.90 Å². The average molecular weight is 260 g/mol. The van der Waals surface area contributed by atoms with Gasteiger partial charge < -0.3 is 5.73 Å². The quantitative estimate of drug-likeness (QED) is 0.668. The van der Waals surface area contributed by atoms with E-state index in [4.69, 9.17) is 5.73 Å². The molecule has 0 aromatic heterocycles. The number of carbonyl (C=O) groups excluding carboxylic acids is 2. The van der Waals surface area contributed by atoms with Crippen LogP contribution in [0.25, 0.3) is 0 Å². The van der Waals surface area contributed by atoms with Gasteiger partial charge in [0.05, 0.1) is 5.41 Å². The fourth-order valence-corrected chi connectivity index (χ4v) is 2.86. The predicted octanol–water partition coefficient (Wildman–Crippen LogP) is 2.09. The predicted molar refractivity (Wildman–Crippen MR) is 74.5 cm³/mol. The molecule has 1 aliphatic rings. The number of amides is 2. The highest BCUT2D eigenvalue weighted by atomic mass is 16.2. The van der Waals surface area contributed by atoms with E-state index in [1.54, 1.807) is 0 Å². The minimum atomic E-state index is -0.572. The lowest BCUT2D eigenvalue weighted by Gasteiger charge is -2.40. The van der Waals surface area contributed by atoms with E-state index in [0.29, 0.717) is 31.5 Å². The van der Waals surface area contributed by atoms with Crippen LogP contribution in [0.4, 0.5) is 5.69 Å². The third-order valence-corrected chi connectivity index (χ3v) is 4.10. The smallest absolute Gasteiger partial charge is 0.239 e. The van der Waals surface area contributed by atoms with Gasteiger partial charge in [-0.3, -0.25) is 14.5 Å². The van der Waals surface area contributed by atoms with Crippen molar-refractivity contribution in [1.29, 1.82) is 0 Å². The molecule has 0 bridgehead atoms. The van der Waals surface area contributed by atoms with Gasteiger partial charge in [0.25, 0.3) is 0 Å². The second kappa shape index (κ2) is 5.03. The molecule has 2 amide bonds. The number of nitrogen functional groups attached to an aromatic ring is 1. The summed E-state index contributed by atoms with van der Waals surface area (Å²) in [5, 5.41) is 0. The van der Waals surface area contributed by atoms with Crippen LogP contribution in [-0.2, 0) is 15.0 Å². The maximum Gasteiger partial charge on any atom is 0.239 e. The Kier molecular flexibility index (Phi) is 3.60. The number of anilines is 1. The Morgan fingerprint density at radius 1 is 1.21 bits per heavy atom. The number of benzene rings is 1. The number of likely N-dealkylation sites (N-methyl/N-ethyl adjacent to an activating group) is 1. The summed E-state index contributed by atoms with van der Waals surface area (Å²) in [6, 6.07) is 7.43. The lowest BCUT2D eigenvalue weighted by Crippen LogP contribution is -2.53. The number of rotatable bonds is 3. The number of hydrogen-bond donors (Lipinski definition) is 1. The molecule has 1 saturated heterocycles. The zero-order valence-electron chi connectivity index (χ0n) is 11.5. The van der Waals surface area contributed by atoms with Gasteiger partial charge in [0.15, 0.2) is 0 Å². The summed E-state index contributed by atoms with van der Waals surface area (Å²) in [6.07, 6.45) is 1.71. The SMILES string of the molecule is CCN1C(=O)CC[C@](CC)(c2ccc(N)cc2)C1=O. The summed E-state index contributed by atoms with van der Waals surface area (Å²) in [6.45, 7) is 4.27. The Hall–Kier alpha value is -1.84. The molecule has 102 valence electrons. The molecule has 4 heteroatoms. The van der Waals surface area contributed by atoms with Crippen LogP contribution in [0, 0.1) is 0 Å². The number of carbonyl (C=O) groups is 2. The first-order valence-electron chi connectivity index (χ1n) is 6.76. The standard InChI is InChI=1S/C15H20N2O2/c1-3-15(11-5-7-12(16)8-6-11)10-9-13(18)17(4-2)14(15)19/h5-8H,3-4,9-10,16H2,1-2H3/t15-/m1/s1. The normalized spacial score (nSPS) is 23.8. The first-order chi connectivity index (χ1) is 9.05. The molecule has 0 radical (unpaired) electrons. The molecule has 0 saturated carbocycles. The van der Waals surface area contributed by atoms with Gasteiger partial charge in [0.2, 0.25) is 11.8 Å². The number of likely N-dealkylation sites (tertiary alicyclic amines) is 1. The van der Waals surface area contributed by atoms with Crippen LogP contribution in [0.5, 0.6) is 0 Å². The molecule has 4 nitrogen and oxygen atoms in total. The summed E-state index contributed by atoms with van der Waals surface area (Å²) in [5.74, 6) is -0.134. The Balaban J connectivity index is 2.45. The zero-order chi connectivity index (χ0) is 14.0. The van der Waals surface area contributed by atoms with Crippen LogP contribution < -0.4 is 5.73 Å². The van der Waals surface area contributed by atoms with E-state index in [1.807, 2.05) is 38.1 Å². The molecule has 1 atom stereocenters. The van der Waals surface area contributed by atoms with Crippen molar-refractivity contribution in [2.24, 2.45) is 0 Å². The molecular formula is C15H20N2O2. The van der Waals surface area contributed by atoms with Crippen molar-refractivity contribution in [3.8, 4) is 0 Å². The molecule has 0 aliphatic carbocycles. The third kappa shape index (κ3) is 2.11. The van der Waals surface area contributed by atoms with Gasteiger partial charge in [-0.05, 0) is 37.5 Å². The molecular weight excluding hydrogens is 240 g/mol. The van der Waals surface area contributed by atoms with E-state index in [2.05, 4.69) is 0 Å². The Labute approximate surface area is 113 Å². The molecule has 2 rings (SSSR count). The number of nitrogens with two attached hydrogens (primary N) is 1. The van der Waals surface area contributed by atoms with Gasteiger partial charge in [-0.25, -0.2) is 0 Å². The molecule has 1 aliphatic heterocycles. The number of imide groups is 1. The van der Waals surface area contributed by atoms with Crippen molar-refractivity contribution >= 4 is 17.5 Å². The summed E-state index contributed by atoms with van der Waals surface area (Å²) < 4.78 is 0. The zero-order valence-corrected chi connectivity index (χ0v) is 11.5. The first kappa shape index (κ1) is 13.6. The topological polar surface area (TPSA) is 63.4 Å². The fourth-order valence-electron chi connectivity index (χ4n) is 2.86. The van der Waals surface area contributed by atoms with E-state index in [0.717, 1.165) is 5.56 Å². The monoisotopic (exact) mass is 260 g/mol. The summed E-state index contributed by atoms with van der Waals surface area (Å²) in [7, 11) is 0. The molecule has 1 fully saturated rings. The van der Waals surface area contributed by atoms with Gasteiger partial charge >= 0.3 is 0 Å². The fraction of sp³-hybridized carbons (Fsp3) is 0.467. The van der Waals surface area contributed by atoms with Crippen molar-refractivity contribution in [3.63, 3.8) is 0 Å². The van der Waals surface area contributed by atoms with Crippen LogP contribution >= 0.6 is 0 Å². The van der Waals surface area contributed by atoms with Crippen molar-refractivity contribution in [2.45, 2.75) is 38.5 Å². The number of piperidine rings is 1. The van der Waals surface area contributed by atoms with Crippen LogP contribution in [0.3, 0.4) is 0 Å². The molecule has 19 heavy (non-hydrogen) atoms. The minimum absolute atomic E-state index is 0.0629. The average Bonchev–Trinajstić information content (AvgIpc) is 2.41. The number of nitrogens with zero attached hydrogens (tertiary/aromatic N) is 1. The number of hydrogen-bond acceptors (Lipinski definition) is 3. The van der Waals surface area contributed by atoms with Crippen LogP contribution in [0.1, 0.15) is 38.7 Å². The van der Waals surface area contributed by atoms with Gasteiger partial charge in [-0.15, -0.1) is 0 Å². The summed E-state index contributed by atoms with van der Waals surface area (Å²) in [4.78, 5) is 25.9. The second-order valence-corrected chi connectivity index (χ2v) is 5.00. The minimum Gasteiger partial charge on any atom is -0.399 e. The summed E-state index contributed by atoms with van der Waals surface area (Å²) in [5.41, 5.74) is 6.77. The van der Waals surface area contributed by atoms with E-state index in [1.165, 1.54) is 4.90 Å².